The standard InChI is InChI=1S/C18H15Cl3N2O4S/c1-26-17(25)9-27-18-14(20)6-11(7-15(18)21)8-22-23-16(24)10-28-13-4-2-12(19)3-5-13/h2-8H,9-10H2,1H3,(H,23,24)/b22-8-. The fourth-order valence-electron chi connectivity index (χ4n) is 1.87. The molecule has 0 radical (unpaired) electrons. The number of ether oxygens (including phenoxy) is 2. The van der Waals surface area contributed by atoms with Crippen molar-refractivity contribution >= 4 is 64.7 Å². The van der Waals surface area contributed by atoms with Gasteiger partial charge in [-0.2, -0.15) is 5.10 Å². The monoisotopic (exact) mass is 460 g/mol. The first kappa shape index (κ1) is 22.4. The first-order chi connectivity index (χ1) is 13.4. The molecule has 0 aliphatic carbocycles. The van der Waals surface area contributed by atoms with Gasteiger partial charge in [0.1, 0.15) is 0 Å². The number of amides is 1. The third kappa shape index (κ3) is 7.24. The second-order valence-electron chi connectivity index (χ2n) is 5.21. The van der Waals surface area contributed by atoms with Crippen molar-refractivity contribution < 1.29 is 19.1 Å². The van der Waals surface area contributed by atoms with E-state index in [1.54, 1.807) is 12.1 Å². The highest BCUT2D eigenvalue weighted by Crippen LogP contribution is 2.33. The summed E-state index contributed by atoms with van der Waals surface area (Å²) in [7, 11) is 1.25. The minimum Gasteiger partial charge on any atom is -0.479 e. The molecule has 0 heterocycles. The van der Waals surface area contributed by atoms with Crippen LogP contribution in [0, 0.1) is 0 Å². The Labute approximate surface area is 181 Å². The van der Waals surface area contributed by atoms with Gasteiger partial charge in [0.25, 0.3) is 0 Å². The molecule has 0 saturated carbocycles. The quantitative estimate of drug-likeness (QED) is 0.272. The Morgan fingerprint density at radius 1 is 1.14 bits per heavy atom. The van der Waals surface area contributed by atoms with Gasteiger partial charge in [0, 0.05) is 9.92 Å². The number of thioether (sulfide) groups is 1. The van der Waals surface area contributed by atoms with Gasteiger partial charge in [-0.1, -0.05) is 34.8 Å². The van der Waals surface area contributed by atoms with Gasteiger partial charge in [-0.3, -0.25) is 4.79 Å². The molecule has 10 heteroatoms. The Morgan fingerprint density at radius 2 is 1.79 bits per heavy atom. The van der Waals surface area contributed by atoms with Crippen molar-refractivity contribution in [2.75, 3.05) is 19.5 Å². The minimum atomic E-state index is -0.558. The molecule has 2 rings (SSSR count). The molecule has 0 aliphatic rings. The number of hydrogen-bond acceptors (Lipinski definition) is 6. The fourth-order valence-corrected chi connectivity index (χ4v) is 3.30. The molecule has 28 heavy (non-hydrogen) atoms. The van der Waals surface area contributed by atoms with Crippen LogP contribution in [0.1, 0.15) is 5.56 Å². The first-order valence-electron chi connectivity index (χ1n) is 7.78. The van der Waals surface area contributed by atoms with E-state index in [1.807, 2.05) is 12.1 Å². The van der Waals surface area contributed by atoms with E-state index in [2.05, 4.69) is 15.3 Å². The molecule has 0 bridgehead atoms. The molecule has 2 aromatic rings. The van der Waals surface area contributed by atoms with Crippen LogP contribution in [-0.2, 0) is 14.3 Å². The van der Waals surface area contributed by atoms with Crippen LogP contribution in [0.15, 0.2) is 46.4 Å². The number of rotatable bonds is 8. The van der Waals surface area contributed by atoms with E-state index in [1.165, 1.54) is 37.2 Å². The molecule has 0 saturated heterocycles. The van der Waals surface area contributed by atoms with Crippen LogP contribution >= 0.6 is 46.6 Å². The van der Waals surface area contributed by atoms with E-state index >= 15 is 0 Å². The average molecular weight is 462 g/mol. The summed E-state index contributed by atoms with van der Waals surface area (Å²) in [5.74, 6) is -0.474. The zero-order chi connectivity index (χ0) is 20.5. The molecule has 1 N–H and O–H groups in total. The molecular weight excluding hydrogens is 447 g/mol. The largest absolute Gasteiger partial charge is 0.479 e. The Kier molecular flexibility index (Phi) is 8.92. The lowest BCUT2D eigenvalue weighted by Gasteiger charge is -2.09. The second kappa shape index (κ2) is 11.2. The van der Waals surface area contributed by atoms with E-state index < -0.39 is 5.97 Å². The van der Waals surface area contributed by atoms with Crippen molar-refractivity contribution in [1.82, 2.24) is 5.43 Å². The number of halogens is 3. The molecular formula is C18H15Cl3N2O4S. The maximum atomic E-state index is 11.9. The summed E-state index contributed by atoms with van der Waals surface area (Å²) in [5.41, 5.74) is 2.97. The molecule has 0 spiro atoms. The van der Waals surface area contributed by atoms with Crippen LogP contribution in [0.5, 0.6) is 5.75 Å². The Morgan fingerprint density at radius 3 is 2.39 bits per heavy atom. The van der Waals surface area contributed by atoms with Gasteiger partial charge in [-0.25, -0.2) is 10.2 Å². The molecule has 0 atom stereocenters. The lowest BCUT2D eigenvalue weighted by molar-refractivity contribution is -0.142. The minimum absolute atomic E-state index is 0.161. The van der Waals surface area contributed by atoms with E-state index in [0.29, 0.717) is 10.6 Å². The molecule has 0 fully saturated rings. The Balaban J connectivity index is 1.88. The van der Waals surface area contributed by atoms with E-state index in [4.69, 9.17) is 39.5 Å². The van der Waals surface area contributed by atoms with Gasteiger partial charge >= 0.3 is 5.97 Å². The summed E-state index contributed by atoms with van der Waals surface area (Å²) in [6, 6.07) is 10.3. The predicted octanol–water partition coefficient (Wildman–Crippen LogP) is 4.44. The summed E-state index contributed by atoms with van der Waals surface area (Å²) in [5, 5.41) is 4.91. The molecule has 148 valence electrons. The van der Waals surface area contributed by atoms with E-state index in [-0.39, 0.29) is 34.1 Å². The number of hydrazone groups is 1. The fraction of sp³-hybridized carbons (Fsp3) is 0.167. The third-order valence-electron chi connectivity index (χ3n) is 3.17. The van der Waals surface area contributed by atoms with Crippen molar-refractivity contribution in [2.24, 2.45) is 5.10 Å². The highest BCUT2D eigenvalue weighted by atomic mass is 35.5. The molecule has 1 amide bonds. The number of benzene rings is 2. The Hall–Kier alpha value is -1.93. The van der Waals surface area contributed by atoms with Gasteiger partial charge in [0.15, 0.2) is 12.4 Å². The summed E-state index contributed by atoms with van der Waals surface area (Å²) in [4.78, 5) is 23.9. The van der Waals surface area contributed by atoms with E-state index in [0.717, 1.165) is 4.90 Å². The number of carbonyl (C=O) groups is 2. The van der Waals surface area contributed by atoms with Gasteiger partial charge in [0.05, 0.1) is 29.1 Å². The highest BCUT2D eigenvalue weighted by molar-refractivity contribution is 8.00. The summed E-state index contributed by atoms with van der Waals surface area (Å²) >= 11 is 19.4. The van der Waals surface area contributed by atoms with Crippen molar-refractivity contribution in [3.63, 3.8) is 0 Å². The summed E-state index contributed by atoms with van der Waals surface area (Å²) in [6.07, 6.45) is 1.40. The number of nitrogens with zero attached hydrogens (tertiary/aromatic N) is 1. The Bertz CT molecular complexity index is 853. The van der Waals surface area contributed by atoms with Crippen LogP contribution in [0.3, 0.4) is 0 Å². The normalized spacial score (nSPS) is 10.7. The van der Waals surface area contributed by atoms with Gasteiger partial charge in [0.2, 0.25) is 5.91 Å². The second-order valence-corrected chi connectivity index (χ2v) is 7.51. The molecule has 0 aliphatic heterocycles. The molecule has 0 unspecified atom stereocenters. The van der Waals surface area contributed by atoms with Crippen LogP contribution in [0.25, 0.3) is 0 Å². The molecule has 2 aromatic carbocycles. The number of nitrogens with one attached hydrogen (secondary N) is 1. The molecule has 0 aromatic heterocycles. The maximum Gasteiger partial charge on any atom is 0.343 e. The van der Waals surface area contributed by atoms with Crippen LogP contribution < -0.4 is 10.2 Å². The van der Waals surface area contributed by atoms with Crippen molar-refractivity contribution in [3.8, 4) is 5.75 Å². The van der Waals surface area contributed by atoms with Crippen LogP contribution in [0.2, 0.25) is 15.1 Å². The summed E-state index contributed by atoms with van der Waals surface area (Å²) in [6.45, 7) is -0.315. The lowest BCUT2D eigenvalue weighted by Crippen LogP contribution is -2.19. The zero-order valence-corrected chi connectivity index (χ0v) is 17.7. The number of carbonyl (C=O) groups excluding carboxylic acids is 2. The SMILES string of the molecule is COC(=O)COc1c(Cl)cc(/C=N\NC(=O)CSc2ccc(Cl)cc2)cc1Cl. The number of hydrogen-bond donors (Lipinski definition) is 1. The topological polar surface area (TPSA) is 77.0 Å². The van der Waals surface area contributed by atoms with E-state index in [9.17, 15) is 9.59 Å². The van der Waals surface area contributed by atoms with Crippen LogP contribution in [0.4, 0.5) is 0 Å². The van der Waals surface area contributed by atoms with Crippen molar-refractivity contribution in [1.29, 1.82) is 0 Å². The summed E-state index contributed by atoms with van der Waals surface area (Å²) < 4.78 is 9.72. The van der Waals surface area contributed by atoms with Crippen LogP contribution in [-0.4, -0.2) is 37.6 Å². The third-order valence-corrected chi connectivity index (χ3v) is 4.99. The highest BCUT2D eigenvalue weighted by Gasteiger charge is 2.11. The van der Waals surface area contributed by atoms with Crippen molar-refractivity contribution in [3.05, 3.63) is 57.0 Å². The van der Waals surface area contributed by atoms with Gasteiger partial charge < -0.3 is 9.47 Å². The first-order valence-corrected chi connectivity index (χ1v) is 9.90. The van der Waals surface area contributed by atoms with Gasteiger partial charge in [-0.15, -0.1) is 11.8 Å². The maximum absolute atomic E-state index is 11.9. The predicted molar refractivity (Wildman–Crippen MR) is 112 cm³/mol. The molecule has 6 nitrogen and oxygen atoms in total. The van der Waals surface area contributed by atoms with Crippen molar-refractivity contribution in [2.45, 2.75) is 4.90 Å². The smallest absolute Gasteiger partial charge is 0.343 e. The zero-order valence-electron chi connectivity index (χ0n) is 14.6. The average Bonchev–Trinajstić information content (AvgIpc) is 2.66. The van der Waals surface area contributed by atoms with Gasteiger partial charge in [-0.05, 0) is 42.0 Å². The lowest BCUT2D eigenvalue weighted by atomic mass is 10.2. The number of esters is 1. The number of methoxy groups -OCH3 is 1.